The third kappa shape index (κ3) is 2.91. The van der Waals surface area contributed by atoms with Gasteiger partial charge in [0.25, 0.3) is 0 Å². The zero-order chi connectivity index (χ0) is 27.7. The molecule has 0 spiro atoms. The monoisotopic (exact) mass is 649 g/mol. The third-order valence-corrected chi connectivity index (χ3v) is 16.3. The Bertz CT molecular complexity index is 1440. The van der Waals surface area contributed by atoms with Crippen LogP contribution in [0.15, 0.2) is 106 Å². The second-order valence-corrected chi connectivity index (χ2v) is 15.9. The van der Waals surface area contributed by atoms with Gasteiger partial charge in [-0.3, -0.25) is 0 Å². The molecular weight excluding hydrogens is 607 g/mol. The van der Waals surface area contributed by atoms with E-state index in [-0.39, 0.29) is 62.7 Å². The largest absolute Gasteiger partial charge is 1.00 e. The van der Waals surface area contributed by atoms with Crippen molar-refractivity contribution in [2.45, 2.75) is 79.3 Å². The number of halogens is 2. The van der Waals surface area contributed by atoms with Crippen molar-refractivity contribution in [2.24, 2.45) is 37.9 Å². The molecule has 0 aromatic heterocycles. The molecule has 2 fully saturated rings. The van der Waals surface area contributed by atoms with Crippen molar-refractivity contribution in [3.63, 3.8) is 0 Å². The Morgan fingerprint density at radius 1 is 0.750 bits per heavy atom. The van der Waals surface area contributed by atoms with Crippen molar-refractivity contribution in [1.82, 2.24) is 0 Å². The second kappa shape index (κ2) is 9.31. The maximum Gasteiger partial charge on any atom is -1.00 e. The number of allylic oxidation sites excluding steroid dienone is 18. The average molecular weight is 652 g/mol. The third-order valence-electron chi connectivity index (χ3n) is 14.1. The van der Waals surface area contributed by atoms with Crippen LogP contribution in [0.2, 0.25) is 3.63 Å². The quantitative estimate of drug-likeness (QED) is 0.400. The van der Waals surface area contributed by atoms with Crippen molar-refractivity contribution < 1.29 is 49.5 Å². The van der Waals surface area contributed by atoms with Crippen LogP contribution in [0.4, 0.5) is 0 Å². The Hall–Kier alpha value is -0.877. The van der Waals surface area contributed by atoms with Gasteiger partial charge in [0, 0.05) is 0 Å². The van der Waals surface area contributed by atoms with E-state index >= 15 is 0 Å². The minimum Gasteiger partial charge on any atom is -1.00 e. The standard InChI is InChI=1S/C37H45.2ClH.Zr/c1-25(2)29-23-28-24-35(8)33(6)21-14-13-19-31(33,4)32(5)20-15-16-22-34(32,7)37(35,10)36(28,9)26(3)30(29)27-17-11-12-18-27;;;/h11-17,19-24H,18H2,1-10H3;2*1H;/q;;;+2/p-2. The first-order valence-corrected chi connectivity index (χ1v) is 16.0. The molecule has 0 radical (unpaired) electrons. The number of hydrogen-bond acceptors (Lipinski definition) is 0. The van der Waals surface area contributed by atoms with Gasteiger partial charge >= 0.3 is 248 Å². The van der Waals surface area contributed by atoms with Gasteiger partial charge in [-0.15, -0.1) is 0 Å². The van der Waals surface area contributed by atoms with E-state index in [0.717, 1.165) is 6.42 Å². The first-order chi connectivity index (χ1) is 17.6. The Kier molecular flexibility index (Phi) is 7.46. The van der Waals surface area contributed by atoms with Gasteiger partial charge in [0.15, 0.2) is 0 Å². The summed E-state index contributed by atoms with van der Waals surface area (Å²) in [6, 6.07) is 0. The molecule has 211 valence electrons. The molecule has 0 N–H and O–H groups in total. The van der Waals surface area contributed by atoms with Crippen molar-refractivity contribution in [3.05, 3.63) is 106 Å². The second-order valence-electron chi connectivity index (χ2n) is 14.5. The molecule has 0 aromatic carbocycles. The molecular formula is C37H45Cl2Zr. The SMILES string of the molecule is CC(C)=C1C=C2[CH]([Zr+2])C3(C)C4(C)C=CC=CC4(C)C4(C)C=CC=CC4(C)C3(C)C2(C)C(C)=C1C1=CC=CC1.[Cl-].[Cl-]. The van der Waals surface area contributed by atoms with Gasteiger partial charge in [0.05, 0.1) is 0 Å². The van der Waals surface area contributed by atoms with Crippen LogP contribution in [0.25, 0.3) is 0 Å². The van der Waals surface area contributed by atoms with Gasteiger partial charge in [-0.25, -0.2) is 0 Å². The molecule has 6 rings (SSSR count). The van der Waals surface area contributed by atoms with Crippen LogP contribution in [0, 0.1) is 37.9 Å². The minimum atomic E-state index is -0.0571. The van der Waals surface area contributed by atoms with Crippen LogP contribution in [-0.2, 0) is 24.7 Å². The van der Waals surface area contributed by atoms with E-state index in [1.165, 1.54) is 22.3 Å². The molecule has 40 heavy (non-hydrogen) atoms. The molecule has 0 nitrogen and oxygen atoms in total. The molecule has 0 bridgehead atoms. The Labute approximate surface area is 271 Å². The fourth-order valence-electron chi connectivity index (χ4n) is 11.0. The summed E-state index contributed by atoms with van der Waals surface area (Å²) < 4.78 is 0.521. The number of rotatable bonds is 1. The van der Waals surface area contributed by atoms with Gasteiger partial charge in [-0.1, -0.05) is 0 Å². The topological polar surface area (TPSA) is 0 Å². The molecule has 8 atom stereocenters. The molecule has 0 amide bonds. The molecule has 3 heteroatoms. The van der Waals surface area contributed by atoms with E-state index in [2.05, 4.69) is 142 Å². The molecule has 6 aliphatic rings. The van der Waals surface area contributed by atoms with Crippen molar-refractivity contribution in [3.8, 4) is 0 Å². The van der Waals surface area contributed by atoms with E-state index in [9.17, 15) is 0 Å². The van der Waals surface area contributed by atoms with Crippen LogP contribution >= 0.6 is 0 Å². The number of hydrogen-bond donors (Lipinski definition) is 0. The van der Waals surface area contributed by atoms with Crippen LogP contribution < -0.4 is 24.8 Å². The van der Waals surface area contributed by atoms with Gasteiger partial charge in [-0.2, -0.15) is 0 Å². The first-order valence-electron chi connectivity index (χ1n) is 14.6. The van der Waals surface area contributed by atoms with Gasteiger partial charge in [0.2, 0.25) is 0 Å². The zero-order valence-electron chi connectivity index (χ0n) is 26.0. The summed E-state index contributed by atoms with van der Waals surface area (Å²) >= 11 is 1.64. The van der Waals surface area contributed by atoms with E-state index in [1.807, 2.05) is 0 Å². The Morgan fingerprint density at radius 2 is 1.25 bits per heavy atom. The summed E-state index contributed by atoms with van der Waals surface area (Å²) in [4.78, 5) is 0. The van der Waals surface area contributed by atoms with E-state index in [4.69, 9.17) is 0 Å². The van der Waals surface area contributed by atoms with Crippen molar-refractivity contribution in [2.75, 3.05) is 0 Å². The van der Waals surface area contributed by atoms with Crippen LogP contribution in [0.1, 0.15) is 75.7 Å². The molecule has 6 aliphatic carbocycles. The molecule has 2 saturated carbocycles. The molecule has 0 saturated heterocycles. The predicted octanol–water partition coefficient (Wildman–Crippen LogP) is 4.13. The zero-order valence-corrected chi connectivity index (χ0v) is 29.9. The Balaban J connectivity index is 0.00000185. The first kappa shape index (κ1) is 32.0. The van der Waals surface area contributed by atoms with E-state index in [1.54, 1.807) is 35.9 Å². The summed E-state index contributed by atoms with van der Waals surface area (Å²) in [5.74, 6) is 0. The molecule has 8 unspecified atom stereocenters. The van der Waals surface area contributed by atoms with Crippen LogP contribution in [-0.4, -0.2) is 0 Å². The summed E-state index contributed by atoms with van der Waals surface area (Å²) in [6.07, 6.45) is 30.4. The molecule has 0 aromatic rings. The van der Waals surface area contributed by atoms with Gasteiger partial charge in [-0.05, 0) is 0 Å². The van der Waals surface area contributed by atoms with E-state index in [0.29, 0.717) is 3.63 Å². The van der Waals surface area contributed by atoms with Crippen LogP contribution in [0.3, 0.4) is 0 Å². The molecule has 0 aliphatic heterocycles. The van der Waals surface area contributed by atoms with Crippen molar-refractivity contribution in [1.29, 1.82) is 0 Å². The summed E-state index contributed by atoms with van der Waals surface area (Å²) in [5, 5.41) is 0. The smallest absolute Gasteiger partial charge is 1.00 e. The van der Waals surface area contributed by atoms with Gasteiger partial charge in [0.1, 0.15) is 0 Å². The summed E-state index contributed by atoms with van der Waals surface area (Å²) in [5.41, 5.74) is 9.04. The van der Waals surface area contributed by atoms with E-state index < -0.39 is 0 Å². The fourth-order valence-corrected chi connectivity index (χ4v) is 13.4. The maximum atomic E-state index is 2.71. The minimum absolute atomic E-state index is 0. The normalized spacial score (nSPS) is 47.5. The molecule has 0 heterocycles. The summed E-state index contributed by atoms with van der Waals surface area (Å²) in [6.45, 7) is 25.6. The maximum absolute atomic E-state index is 2.71. The average Bonchev–Trinajstić information content (AvgIpc) is 3.45. The van der Waals surface area contributed by atoms with Gasteiger partial charge < -0.3 is 24.8 Å². The predicted molar refractivity (Wildman–Crippen MR) is 158 cm³/mol. The van der Waals surface area contributed by atoms with Crippen LogP contribution in [0.5, 0.6) is 0 Å². The Morgan fingerprint density at radius 3 is 1.75 bits per heavy atom. The fraction of sp³-hybridized carbons (Fsp3) is 0.514. The van der Waals surface area contributed by atoms with Crippen molar-refractivity contribution >= 4 is 0 Å². The summed E-state index contributed by atoms with van der Waals surface area (Å²) in [7, 11) is 0. The number of fused-ring (bicyclic) bond motifs is 8.